The zero-order valence-corrected chi connectivity index (χ0v) is 18.0. The van der Waals surface area contributed by atoms with Gasteiger partial charge in [-0.25, -0.2) is 0 Å². The molecule has 0 aromatic heterocycles. The van der Waals surface area contributed by atoms with E-state index in [4.69, 9.17) is 0 Å². The average molecular weight is 395 g/mol. The summed E-state index contributed by atoms with van der Waals surface area (Å²) in [6, 6.07) is 29.8. The maximum absolute atomic E-state index is 2.46. The highest BCUT2D eigenvalue weighted by atomic mass is 14.3. The zero-order valence-electron chi connectivity index (χ0n) is 18.0. The lowest BCUT2D eigenvalue weighted by Gasteiger charge is -2.14. The molecule has 6 aromatic carbocycles. The molecule has 0 heterocycles. The van der Waals surface area contributed by atoms with E-state index in [1.54, 1.807) is 0 Å². The van der Waals surface area contributed by atoms with Crippen LogP contribution >= 0.6 is 0 Å². The van der Waals surface area contributed by atoms with Gasteiger partial charge in [-0.05, 0) is 115 Å². The van der Waals surface area contributed by atoms with Crippen molar-refractivity contribution in [3.63, 3.8) is 0 Å². The summed E-state index contributed by atoms with van der Waals surface area (Å²) in [7, 11) is 0. The van der Waals surface area contributed by atoms with Crippen LogP contribution in [0.15, 0.2) is 78.9 Å². The molecule has 0 N–H and O–H groups in total. The summed E-state index contributed by atoms with van der Waals surface area (Å²) < 4.78 is 0. The molecule has 1 aliphatic rings. The van der Waals surface area contributed by atoms with Crippen LogP contribution in [0.3, 0.4) is 0 Å². The largest absolute Gasteiger partial charge is 0.0616 e. The molecule has 146 valence electrons. The summed E-state index contributed by atoms with van der Waals surface area (Å²) >= 11 is 0. The Hall–Kier alpha value is -3.64. The van der Waals surface area contributed by atoms with Gasteiger partial charge in [0.2, 0.25) is 0 Å². The third kappa shape index (κ3) is 2.10. The molecule has 0 atom stereocenters. The molecular formula is C31H22. The number of benzene rings is 6. The Bertz CT molecular complexity index is 1750. The summed E-state index contributed by atoms with van der Waals surface area (Å²) in [5, 5.41) is 10.9. The van der Waals surface area contributed by atoms with Gasteiger partial charge < -0.3 is 0 Å². The predicted molar refractivity (Wildman–Crippen MR) is 135 cm³/mol. The Kier molecular flexibility index (Phi) is 3.16. The van der Waals surface area contributed by atoms with Crippen molar-refractivity contribution in [2.45, 2.75) is 20.8 Å². The fraction of sp³-hybridized carbons (Fsp3) is 0.0968. The molecular weight excluding hydrogens is 372 g/mol. The van der Waals surface area contributed by atoms with Crippen LogP contribution in [-0.2, 0) is 0 Å². The molecule has 0 aliphatic heterocycles. The quantitative estimate of drug-likeness (QED) is 0.225. The number of rotatable bonds is 0. The number of aryl methyl sites for hydroxylation is 3. The van der Waals surface area contributed by atoms with Gasteiger partial charge in [0.1, 0.15) is 0 Å². The van der Waals surface area contributed by atoms with Crippen molar-refractivity contribution in [3.05, 3.63) is 95.6 Å². The van der Waals surface area contributed by atoms with Crippen molar-refractivity contribution >= 4 is 43.1 Å². The van der Waals surface area contributed by atoms with Gasteiger partial charge >= 0.3 is 0 Å². The second-order valence-corrected chi connectivity index (χ2v) is 9.13. The van der Waals surface area contributed by atoms with Crippen LogP contribution in [0.4, 0.5) is 0 Å². The highest BCUT2D eigenvalue weighted by Gasteiger charge is 2.23. The van der Waals surface area contributed by atoms with E-state index in [1.807, 2.05) is 0 Å². The van der Waals surface area contributed by atoms with Crippen molar-refractivity contribution < 1.29 is 0 Å². The molecule has 0 fully saturated rings. The van der Waals surface area contributed by atoms with E-state index in [1.165, 1.54) is 82.0 Å². The van der Waals surface area contributed by atoms with Crippen molar-refractivity contribution in [2.24, 2.45) is 0 Å². The lowest BCUT2D eigenvalue weighted by Crippen LogP contribution is -1.88. The number of fused-ring (bicyclic) bond motifs is 8. The van der Waals surface area contributed by atoms with Crippen LogP contribution < -0.4 is 0 Å². The molecule has 0 amide bonds. The van der Waals surface area contributed by atoms with Gasteiger partial charge in [0.15, 0.2) is 0 Å². The fourth-order valence-electron chi connectivity index (χ4n) is 5.85. The van der Waals surface area contributed by atoms with Gasteiger partial charge in [0.05, 0.1) is 0 Å². The number of hydrogen-bond acceptors (Lipinski definition) is 0. The van der Waals surface area contributed by atoms with E-state index in [2.05, 4.69) is 99.6 Å². The van der Waals surface area contributed by atoms with E-state index in [0.717, 1.165) is 0 Å². The standard InChI is InChI=1S/C31H22/c1-17-11-12-24-29-16-30-25(15-28(29)23-10-6-9-21(17)31(23)24)19(3)14-26-22-8-5-4-7-20(22)18(2)13-27(26)30/h4-16H,1-3H3. The molecule has 31 heavy (non-hydrogen) atoms. The maximum Gasteiger partial charge on any atom is -0.00237 e. The van der Waals surface area contributed by atoms with Crippen LogP contribution in [0.2, 0.25) is 0 Å². The third-order valence-corrected chi connectivity index (χ3v) is 7.37. The predicted octanol–water partition coefficient (Wildman–Crippen LogP) is 8.87. The first-order chi connectivity index (χ1) is 15.1. The Morgan fingerprint density at radius 2 is 0.935 bits per heavy atom. The Morgan fingerprint density at radius 3 is 1.74 bits per heavy atom. The van der Waals surface area contributed by atoms with Crippen molar-refractivity contribution in [2.75, 3.05) is 0 Å². The van der Waals surface area contributed by atoms with E-state index in [-0.39, 0.29) is 0 Å². The van der Waals surface area contributed by atoms with Crippen molar-refractivity contribution in [3.8, 4) is 22.3 Å². The SMILES string of the molecule is Cc1ccc2c3c(cccc13)-c1cc3c(C)cc4c5ccccc5c(C)cc4c3cc1-2. The van der Waals surface area contributed by atoms with Crippen LogP contribution in [0.25, 0.3) is 65.3 Å². The highest BCUT2D eigenvalue weighted by molar-refractivity contribution is 6.23. The lowest BCUT2D eigenvalue weighted by atomic mass is 9.89. The Morgan fingerprint density at radius 1 is 0.355 bits per heavy atom. The van der Waals surface area contributed by atoms with Crippen LogP contribution in [0.5, 0.6) is 0 Å². The van der Waals surface area contributed by atoms with E-state index >= 15 is 0 Å². The molecule has 6 aromatic rings. The molecule has 0 saturated heterocycles. The monoisotopic (exact) mass is 394 g/mol. The van der Waals surface area contributed by atoms with Gasteiger partial charge in [-0.15, -0.1) is 0 Å². The van der Waals surface area contributed by atoms with Gasteiger partial charge in [0, 0.05) is 0 Å². The summed E-state index contributed by atoms with van der Waals surface area (Å²) in [6.07, 6.45) is 0. The second-order valence-electron chi connectivity index (χ2n) is 9.13. The third-order valence-electron chi connectivity index (χ3n) is 7.37. The van der Waals surface area contributed by atoms with E-state index < -0.39 is 0 Å². The van der Waals surface area contributed by atoms with Crippen LogP contribution in [-0.4, -0.2) is 0 Å². The first kappa shape index (κ1) is 17.1. The summed E-state index contributed by atoms with van der Waals surface area (Å²) in [5.41, 5.74) is 9.53. The Labute approximate surface area is 181 Å². The summed E-state index contributed by atoms with van der Waals surface area (Å²) in [5.74, 6) is 0. The summed E-state index contributed by atoms with van der Waals surface area (Å²) in [4.78, 5) is 0. The molecule has 0 radical (unpaired) electrons. The smallest absolute Gasteiger partial charge is 0.00237 e. The van der Waals surface area contributed by atoms with Crippen molar-refractivity contribution in [1.82, 2.24) is 0 Å². The van der Waals surface area contributed by atoms with Gasteiger partial charge in [-0.2, -0.15) is 0 Å². The van der Waals surface area contributed by atoms with Gasteiger partial charge in [-0.3, -0.25) is 0 Å². The minimum atomic E-state index is 1.34. The van der Waals surface area contributed by atoms with Gasteiger partial charge in [0.25, 0.3) is 0 Å². The molecule has 0 bridgehead atoms. The second kappa shape index (κ2) is 5.74. The fourth-order valence-corrected chi connectivity index (χ4v) is 5.85. The topological polar surface area (TPSA) is 0 Å². The molecule has 0 heteroatoms. The van der Waals surface area contributed by atoms with Crippen LogP contribution in [0.1, 0.15) is 16.7 Å². The normalized spacial score (nSPS) is 12.4. The zero-order chi connectivity index (χ0) is 20.9. The minimum Gasteiger partial charge on any atom is -0.0616 e. The number of hydrogen-bond donors (Lipinski definition) is 0. The lowest BCUT2D eigenvalue weighted by molar-refractivity contribution is 1.53. The van der Waals surface area contributed by atoms with E-state index in [0.29, 0.717) is 0 Å². The molecule has 7 rings (SSSR count). The van der Waals surface area contributed by atoms with Crippen molar-refractivity contribution in [1.29, 1.82) is 0 Å². The van der Waals surface area contributed by atoms with Gasteiger partial charge in [-0.1, -0.05) is 66.7 Å². The molecule has 0 nitrogen and oxygen atoms in total. The summed E-state index contributed by atoms with van der Waals surface area (Å²) in [6.45, 7) is 6.71. The van der Waals surface area contributed by atoms with E-state index in [9.17, 15) is 0 Å². The Balaban J connectivity index is 1.68. The first-order valence-corrected chi connectivity index (χ1v) is 11.0. The molecule has 0 unspecified atom stereocenters. The average Bonchev–Trinajstić information content (AvgIpc) is 3.11. The minimum absolute atomic E-state index is 1.34. The first-order valence-electron chi connectivity index (χ1n) is 11.0. The van der Waals surface area contributed by atoms with Crippen LogP contribution in [0, 0.1) is 20.8 Å². The molecule has 0 saturated carbocycles. The highest BCUT2D eigenvalue weighted by Crippen LogP contribution is 2.50. The maximum atomic E-state index is 2.46. The molecule has 1 aliphatic carbocycles. The molecule has 0 spiro atoms.